The van der Waals surface area contributed by atoms with Gasteiger partial charge in [0.1, 0.15) is 0 Å². The van der Waals surface area contributed by atoms with Crippen LogP contribution in [0.4, 0.5) is 13.2 Å². The number of aromatic nitrogens is 1. The van der Waals surface area contributed by atoms with E-state index in [1.165, 1.54) is 6.92 Å². The van der Waals surface area contributed by atoms with Gasteiger partial charge in [-0.2, -0.15) is 13.2 Å². The lowest BCUT2D eigenvalue weighted by atomic mass is 9.97. The monoisotopic (exact) mass is 232 g/mol. The number of piperidine rings is 1. The molecule has 1 aliphatic carbocycles. The summed E-state index contributed by atoms with van der Waals surface area (Å²) in [5, 5.41) is 6.82. The molecule has 1 aliphatic heterocycles. The quantitative estimate of drug-likeness (QED) is 0.803. The van der Waals surface area contributed by atoms with Gasteiger partial charge in [-0.15, -0.1) is 0 Å². The minimum absolute atomic E-state index is 0.152. The topological polar surface area (TPSA) is 38.1 Å². The van der Waals surface area contributed by atoms with Gasteiger partial charge in [-0.1, -0.05) is 5.16 Å². The highest BCUT2D eigenvalue weighted by Gasteiger charge is 2.61. The molecule has 16 heavy (non-hydrogen) atoms. The SMILES string of the molecule is Cc1c(C23CNCC2C3)noc1C(F)(F)F. The predicted molar refractivity (Wildman–Crippen MR) is 48.9 cm³/mol. The van der Waals surface area contributed by atoms with E-state index in [9.17, 15) is 13.2 Å². The molecule has 0 bridgehead atoms. The van der Waals surface area contributed by atoms with E-state index in [4.69, 9.17) is 0 Å². The largest absolute Gasteiger partial charge is 0.452 e. The second-order valence-electron chi connectivity index (χ2n) is 4.67. The maximum Gasteiger partial charge on any atom is 0.452 e. The molecule has 2 heterocycles. The standard InChI is InChI=1S/C10H11F3N2O/c1-5-7(9-2-6(9)3-14-4-9)15-16-8(5)10(11,12)13/h6,14H,2-4H2,1H3. The number of rotatable bonds is 1. The van der Waals surface area contributed by atoms with Crippen LogP contribution in [0.1, 0.15) is 23.4 Å². The summed E-state index contributed by atoms with van der Waals surface area (Å²) in [4.78, 5) is 0. The first kappa shape index (κ1) is 10.1. The molecule has 0 amide bonds. The third-order valence-corrected chi connectivity index (χ3v) is 3.72. The predicted octanol–water partition coefficient (Wildman–Crippen LogP) is 1.86. The summed E-state index contributed by atoms with van der Waals surface area (Å²) in [7, 11) is 0. The Hall–Kier alpha value is -1.04. The van der Waals surface area contributed by atoms with Crippen molar-refractivity contribution in [3.05, 3.63) is 17.0 Å². The Morgan fingerprint density at radius 1 is 1.50 bits per heavy atom. The third kappa shape index (κ3) is 1.16. The van der Waals surface area contributed by atoms with Gasteiger partial charge in [0.15, 0.2) is 0 Å². The van der Waals surface area contributed by atoms with E-state index in [1.54, 1.807) is 0 Å². The Labute approximate surface area is 90.0 Å². The summed E-state index contributed by atoms with van der Waals surface area (Å²) < 4.78 is 42.1. The molecule has 0 spiro atoms. The summed E-state index contributed by atoms with van der Waals surface area (Å²) in [6, 6.07) is 0. The van der Waals surface area contributed by atoms with Gasteiger partial charge >= 0.3 is 6.18 Å². The molecular weight excluding hydrogens is 221 g/mol. The molecule has 2 aliphatic rings. The van der Waals surface area contributed by atoms with Crippen LogP contribution >= 0.6 is 0 Å². The molecule has 2 fully saturated rings. The second kappa shape index (κ2) is 2.80. The molecule has 2 unspecified atom stereocenters. The molecule has 1 aromatic heterocycles. The van der Waals surface area contributed by atoms with Crippen molar-refractivity contribution < 1.29 is 17.7 Å². The van der Waals surface area contributed by atoms with Crippen LogP contribution in [0.3, 0.4) is 0 Å². The zero-order valence-corrected chi connectivity index (χ0v) is 8.69. The molecular formula is C10H11F3N2O. The number of nitrogens with one attached hydrogen (secondary N) is 1. The fraction of sp³-hybridized carbons (Fsp3) is 0.700. The van der Waals surface area contributed by atoms with E-state index in [0.29, 0.717) is 18.2 Å². The van der Waals surface area contributed by atoms with E-state index in [0.717, 1.165) is 13.0 Å². The highest BCUT2D eigenvalue weighted by Crippen LogP contribution is 2.57. The molecule has 0 aromatic carbocycles. The molecule has 3 rings (SSSR count). The lowest BCUT2D eigenvalue weighted by Crippen LogP contribution is -2.20. The van der Waals surface area contributed by atoms with E-state index < -0.39 is 11.9 Å². The van der Waals surface area contributed by atoms with E-state index in [1.807, 2.05) is 0 Å². The zero-order chi connectivity index (χ0) is 11.6. The van der Waals surface area contributed by atoms with Crippen LogP contribution in [-0.2, 0) is 11.6 Å². The molecule has 0 radical (unpaired) electrons. The van der Waals surface area contributed by atoms with Crippen molar-refractivity contribution in [1.29, 1.82) is 0 Å². The van der Waals surface area contributed by atoms with Gasteiger partial charge < -0.3 is 9.84 Å². The van der Waals surface area contributed by atoms with Gasteiger partial charge in [0.05, 0.1) is 5.69 Å². The summed E-state index contributed by atoms with van der Waals surface area (Å²) in [5.74, 6) is -0.521. The minimum atomic E-state index is -4.44. The Morgan fingerprint density at radius 2 is 2.25 bits per heavy atom. The van der Waals surface area contributed by atoms with Crippen LogP contribution < -0.4 is 5.32 Å². The van der Waals surface area contributed by atoms with Crippen LogP contribution in [0.25, 0.3) is 0 Å². The van der Waals surface area contributed by atoms with Gasteiger partial charge in [0, 0.05) is 17.5 Å². The fourth-order valence-electron chi connectivity index (χ4n) is 2.77. The molecule has 1 N–H and O–H groups in total. The summed E-state index contributed by atoms with van der Waals surface area (Å²) >= 11 is 0. The molecule has 1 saturated heterocycles. The number of hydrogen-bond acceptors (Lipinski definition) is 3. The average Bonchev–Trinajstić information content (AvgIpc) is 2.58. The number of hydrogen-bond donors (Lipinski definition) is 1. The van der Waals surface area contributed by atoms with Crippen LogP contribution in [0.2, 0.25) is 0 Å². The Kier molecular flexibility index (Phi) is 1.77. The lowest BCUT2D eigenvalue weighted by Gasteiger charge is -2.08. The molecule has 88 valence electrons. The number of fused-ring (bicyclic) bond motifs is 1. The maximum absolute atomic E-state index is 12.5. The molecule has 1 aromatic rings. The third-order valence-electron chi connectivity index (χ3n) is 3.72. The summed E-state index contributed by atoms with van der Waals surface area (Å²) in [6.45, 7) is 3.02. The fourth-order valence-corrected chi connectivity index (χ4v) is 2.77. The minimum Gasteiger partial charge on any atom is -0.351 e. The molecule has 6 heteroatoms. The number of alkyl halides is 3. The zero-order valence-electron chi connectivity index (χ0n) is 8.69. The highest BCUT2D eigenvalue weighted by atomic mass is 19.4. The Balaban J connectivity index is 2.02. The van der Waals surface area contributed by atoms with Crippen molar-refractivity contribution in [3.63, 3.8) is 0 Å². The number of halogens is 3. The summed E-state index contributed by atoms with van der Waals surface area (Å²) in [5.41, 5.74) is 0.463. The van der Waals surface area contributed by atoms with Gasteiger partial charge in [-0.25, -0.2) is 0 Å². The van der Waals surface area contributed by atoms with E-state index in [-0.39, 0.29) is 11.0 Å². The van der Waals surface area contributed by atoms with Crippen molar-refractivity contribution >= 4 is 0 Å². The van der Waals surface area contributed by atoms with Crippen molar-refractivity contribution in [2.24, 2.45) is 5.92 Å². The molecule has 2 atom stereocenters. The van der Waals surface area contributed by atoms with Crippen LogP contribution in [0.5, 0.6) is 0 Å². The van der Waals surface area contributed by atoms with Crippen molar-refractivity contribution in [3.8, 4) is 0 Å². The Bertz CT molecular complexity index is 440. The van der Waals surface area contributed by atoms with Crippen molar-refractivity contribution in [2.45, 2.75) is 24.9 Å². The lowest BCUT2D eigenvalue weighted by molar-refractivity contribution is -0.156. The van der Waals surface area contributed by atoms with Crippen LogP contribution in [-0.4, -0.2) is 18.2 Å². The van der Waals surface area contributed by atoms with Gasteiger partial charge in [-0.3, -0.25) is 0 Å². The first-order valence-corrected chi connectivity index (χ1v) is 5.20. The van der Waals surface area contributed by atoms with Crippen LogP contribution in [0, 0.1) is 12.8 Å². The first-order valence-electron chi connectivity index (χ1n) is 5.20. The summed E-state index contributed by atoms with van der Waals surface area (Å²) in [6.07, 6.45) is -3.52. The second-order valence-corrected chi connectivity index (χ2v) is 4.67. The number of nitrogens with zero attached hydrogens (tertiary/aromatic N) is 1. The average molecular weight is 232 g/mol. The maximum atomic E-state index is 12.5. The van der Waals surface area contributed by atoms with Crippen molar-refractivity contribution in [2.75, 3.05) is 13.1 Å². The normalized spacial score (nSPS) is 32.9. The van der Waals surface area contributed by atoms with Crippen LogP contribution in [0.15, 0.2) is 4.52 Å². The molecule has 3 nitrogen and oxygen atoms in total. The first-order chi connectivity index (χ1) is 7.45. The smallest absolute Gasteiger partial charge is 0.351 e. The van der Waals surface area contributed by atoms with E-state index in [2.05, 4.69) is 15.0 Å². The van der Waals surface area contributed by atoms with E-state index >= 15 is 0 Å². The Morgan fingerprint density at radius 3 is 2.69 bits per heavy atom. The van der Waals surface area contributed by atoms with Gasteiger partial charge in [0.25, 0.3) is 0 Å². The van der Waals surface area contributed by atoms with Gasteiger partial charge in [-0.05, 0) is 25.8 Å². The highest BCUT2D eigenvalue weighted by molar-refractivity contribution is 5.38. The van der Waals surface area contributed by atoms with Gasteiger partial charge in [0.2, 0.25) is 5.76 Å². The van der Waals surface area contributed by atoms with Crippen molar-refractivity contribution in [1.82, 2.24) is 10.5 Å². The molecule has 1 saturated carbocycles.